The van der Waals surface area contributed by atoms with Crippen molar-refractivity contribution in [3.05, 3.63) is 124 Å². The van der Waals surface area contributed by atoms with Crippen LogP contribution in [0.15, 0.2) is 89.9 Å². The first kappa shape index (κ1) is 102. The molecule has 9 fully saturated rings. The second kappa shape index (κ2) is 38.1. The molecule has 30 atom stereocenters. The standard InChI is InChI=1S/C27H34B2F2N8O10P2Si.2C21H20B2F2N8O10P2/c1-27(2,3)52(4,5)49-20-19-14(46-26(20)38-6-12(30)15-22(38)34-10-36-24(15)40)8-44-50(28,41)47-18-13(7-43-51(29,42)48-19)45-25(16(18)31)39-11-37-17-21(32)33-9-35-23(17)39;2*22-44(36)39-3-9-15(13(34)21(41-9)32-1-7(24)10-17(32)28-5-30-19(10)35)43-45(23,37)38-2-8-14(42-44)11(25)20(40-8)33-6-31-12-16(26)27-4-29-18(12)33/h6,9-11,13-14,16,18-20,25-26H,7-8H2,1-5H3,(H2,32,33,35)(H,34,36,40);2*1,4-6,8-9,11,13-15,20-21,34H,2-3H2,(H2,26,27,29)(H,28,30,35)/t13-,14-,16+,18?,19?,20+,25-,26-,50?,51?;2*8-,9-,11+,13+,14?,15?,20-,21-,44?,45?/m111/s1. The predicted molar refractivity (Wildman–Crippen MR) is 477 cm³/mol. The van der Waals surface area contributed by atoms with Crippen molar-refractivity contribution in [3.8, 4) is 0 Å². The number of alkyl halides is 3. The van der Waals surface area contributed by atoms with Gasteiger partial charge in [0.2, 0.25) is 45.4 Å². The van der Waals surface area contributed by atoms with Gasteiger partial charge in [0.25, 0.3) is 61.5 Å². The van der Waals surface area contributed by atoms with E-state index in [2.05, 4.69) is 74.8 Å². The second-order valence-electron chi connectivity index (χ2n) is 34.7. The maximum Gasteiger partial charge on any atom is 0.264 e. The number of hydrogen-bond acceptors (Lipinski definition) is 45. The number of anilines is 3. The monoisotopic (exact) mass is 2110 g/mol. The van der Waals surface area contributed by atoms with Gasteiger partial charge in [-0.05, 0) is 18.1 Å². The van der Waals surface area contributed by atoms with Crippen molar-refractivity contribution in [2.75, 3.05) is 56.8 Å². The third kappa shape index (κ3) is 19.4. The number of H-pyrrole nitrogens is 3. The Balaban J connectivity index is 0.000000136. The second-order valence-corrected chi connectivity index (χ2v) is 48.7. The number of nitrogens with zero attached hydrogens (tertiary/aromatic N) is 18. The third-order valence-corrected chi connectivity index (χ3v) is 35.3. The Morgan fingerprint density at radius 3 is 0.930 bits per heavy atom. The number of ether oxygens (including phenoxy) is 6. The summed E-state index contributed by atoms with van der Waals surface area (Å²) in [5.74, 6) is -2.77. The van der Waals surface area contributed by atoms with Crippen LogP contribution in [0.1, 0.15) is 58.1 Å². The largest absolute Gasteiger partial charge is 0.407 e. The number of aromatic amines is 3. The van der Waals surface area contributed by atoms with E-state index >= 15 is 17.6 Å². The van der Waals surface area contributed by atoms with Crippen LogP contribution in [0.5, 0.6) is 0 Å². The molecule has 0 aliphatic carbocycles. The van der Waals surface area contributed by atoms with Gasteiger partial charge in [-0.2, -0.15) is 0 Å². The fourth-order valence-electron chi connectivity index (χ4n) is 17.0. The van der Waals surface area contributed by atoms with Gasteiger partial charge in [0.15, 0.2) is 133 Å². The summed E-state index contributed by atoms with van der Waals surface area (Å²) in [6, 6.07) is 0. The minimum atomic E-state index is -4.65. The summed E-state index contributed by atoms with van der Waals surface area (Å²) in [6.07, 6.45) is -25.2. The highest BCUT2D eigenvalue weighted by Gasteiger charge is 2.60. The molecule has 0 spiro atoms. The van der Waals surface area contributed by atoms with Crippen molar-refractivity contribution in [2.24, 2.45) is 0 Å². The molecule has 11 N–H and O–H groups in total. The number of nitrogens with two attached hydrogens (primary N) is 3. The van der Waals surface area contributed by atoms with E-state index in [0.717, 1.165) is 65.7 Å². The molecule has 9 aliphatic rings. The molecule has 21 heterocycles. The van der Waals surface area contributed by atoms with Gasteiger partial charge in [-0.1, -0.05) is 20.8 Å². The highest BCUT2D eigenvalue weighted by atomic mass is 31.2. The predicted octanol–water partition coefficient (Wildman–Crippen LogP) is 3.48. The van der Waals surface area contributed by atoms with Gasteiger partial charge in [0.05, 0.1) is 77.6 Å². The van der Waals surface area contributed by atoms with Gasteiger partial charge < -0.3 is 143 Å². The Morgan fingerprint density at radius 1 is 0.380 bits per heavy atom. The van der Waals surface area contributed by atoms with Crippen LogP contribution in [0.2, 0.25) is 18.1 Å². The lowest BCUT2D eigenvalue weighted by Crippen LogP contribution is -2.49. The molecule has 12 unspecified atom stereocenters. The highest BCUT2D eigenvalue weighted by molar-refractivity contribution is 7.81. The van der Waals surface area contributed by atoms with E-state index < -0.39 is 290 Å². The maximum atomic E-state index is 16.2. The van der Waals surface area contributed by atoms with Crippen molar-refractivity contribution in [3.63, 3.8) is 0 Å². The minimum Gasteiger partial charge on any atom is -0.407 e. The molecular weight excluding hydrogens is 2040 g/mol. The minimum absolute atomic E-state index is 0.0246. The number of fused-ring (bicyclic) bond motifs is 12. The van der Waals surface area contributed by atoms with Crippen molar-refractivity contribution >= 4 is 183 Å². The van der Waals surface area contributed by atoms with Crippen LogP contribution in [0.4, 0.5) is 43.8 Å². The van der Waals surface area contributed by atoms with Crippen molar-refractivity contribution in [1.82, 2.24) is 102 Å². The number of rotatable bonds is 8. The fraction of sp³-hybridized carbons (Fsp3) is 0.522. The van der Waals surface area contributed by atoms with Gasteiger partial charge in [-0.15, -0.1) is 0 Å². The lowest BCUT2D eigenvalue weighted by atomic mass is 10.1. The fourth-order valence-corrected chi connectivity index (χ4v) is 24.3. The Bertz CT molecular complexity index is 7140. The van der Waals surface area contributed by atoms with E-state index in [1.54, 1.807) is 0 Å². The van der Waals surface area contributed by atoms with Crippen LogP contribution in [-0.4, -0.2) is 316 Å². The van der Waals surface area contributed by atoms with E-state index in [9.17, 15) is 60.8 Å². The zero-order valence-electron chi connectivity index (χ0n) is 73.5. The molecule has 744 valence electrons. The van der Waals surface area contributed by atoms with Gasteiger partial charge in [0, 0.05) is 18.6 Å². The Labute approximate surface area is 799 Å². The first-order chi connectivity index (χ1) is 66.9. The number of aliphatic hydroxyl groups excluding tert-OH is 2. The van der Waals surface area contributed by atoms with Crippen molar-refractivity contribution < 1.29 is 151 Å². The average molecular weight is 2110 g/mol. The van der Waals surface area contributed by atoms with E-state index in [4.69, 9.17) is 150 Å². The molecule has 12 aromatic heterocycles. The van der Waals surface area contributed by atoms with Crippen LogP contribution in [-0.2, 0) is 115 Å². The van der Waals surface area contributed by atoms with E-state index in [0.29, 0.717) is 0 Å². The van der Waals surface area contributed by atoms with Crippen LogP contribution in [0.3, 0.4) is 0 Å². The first-order valence-corrected chi connectivity index (χ1v) is 54.7. The first-order valence-electron chi connectivity index (χ1n) is 42.1. The topological polar surface area (TPSA) is 679 Å². The molecular formula is C69H74B6F6N24O30P6Si. The van der Waals surface area contributed by atoms with Gasteiger partial charge >= 0.3 is 0 Å². The number of halogens is 6. The third-order valence-electron chi connectivity index (χ3n) is 24.6. The quantitative estimate of drug-likeness (QED) is 0.0613. The van der Waals surface area contributed by atoms with Crippen LogP contribution in [0, 0.1) is 17.5 Å². The number of aromatic nitrogens is 21. The summed E-state index contributed by atoms with van der Waals surface area (Å²) in [5.41, 5.74) is 15.5. The lowest BCUT2D eigenvalue weighted by molar-refractivity contribution is -0.0558. The molecule has 0 saturated carbocycles. The van der Waals surface area contributed by atoms with Gasteiger partial charge in [0.1, 0.15) is 143 Å². The zero-order chi connectivity index (χ0) is 101. The number of imidazole rings is 3. The van der Waals surface area contributed by atoms with Crippen molar-refractivity contribution in [1.29, 1.82) is 0 Å². The number of hydrogen-bond donors (Lipinski definition) is 8. The Kier molecular flexibility index (Phi) is 27.3. The lowest BCUT2D eigenvalue weighted by Gasteiger charge is -2.41. The van der Waals surface area contributed by atoms with Crippen LogP contribution < -0.4 is 33.9 Å². The SMILES string of the molecule is [B]P1(=O)OC[C@H]2O[C@@H](n3cc(F)c4c(=O)[nH]cnc43)[C@@H](O[Si](C)(C)C(C)(C)C)C2OP([B])(=O)OC[C@H]2O[C@@H](n3cnc4c(N)ncnc43)[C@@H](F)C2O1.[B]P1(=O)OC[C@H]2O[C@@H](n3cnc4c(N)ncnc43)[C@@H](F)C2OP([B])(=O)OC[C@H]2O[C@@H](n3cc(F)c4c(=O)[nH]cnc43)[C@@H](O)C2O1.[B]P1(=O)OC[C@H]2O[C@@H](n3cnc4c(N)ncnc43)[C@@H](F)C2OP([B])(=O)OC[C@H]2O[C@@H](n3cc(F)c4c(=O)[nH]cnc43)[C@@H](O)C2O1. The summed E-state index contributed by atoms with van der Waals surface area (Å²) >= 11 is 0. The van der Waals surface area contributed by atoms with Gasteiger partial charge in [-0.25, -0.2) is 86.2 Å². The summed E-state index contributed by atoms with van der Waals surface area (Å²) in [4.78, 5) is 91.6. The Hall–Kier alpha value is -8.96. The average Bonchev–Trinajstić information content (AvgIpc) is 1.56. The molecule has 142 heavy (non-hydrogen) atoms. The molecule has 0 aromatic carbocycles. The van der Waals surface area contributed by atoms with E-state index in [1.165, 1.54) is 37.3 Å². The van der Waals surface area contributed by atoms with Crippen LogP contribution in [0.25, 0.3) is 66.6 Å². The van der Waals surface area contributed by atoms with Crippen LogP contribution >= 0.6 is 44.8 Å². The van der Waals surface area contributed by atoms with E-state index in [1.807, 2.05) is 33.9 Å². The molecule has 0 amide bonds. The molecule has 73 heteroatoms. The molecule has 9 saturated heterocycles. The number of nitrogen functional groups attached to an aromatic ring is 3. The zero-order valence-corrected chi connectivity index (χ0v) is 79.9. The summed E-state index contributed by atoms with van der Waals surface area (Å²) < 4.78 is 288. The summed E-state index contributed by atoms with van der Waals surface area (Å²) in [5, 5.41) is 20.7. The number of nitrogens with one attached hydrogen (secondary N) is 3. The van der Waals surface area contributed by atoms with Gasteiger partial charge in [-0.3, -0.25) is 55.5 Å². The molecule has 0 bridgehead atoms. The Morgan fingerprint density at radius 2 is 0.634 bits per heavy atom. The molecule has 12 radical (unpaired) electrons. The van der Waals surface area contributed by atoms with Crippen molar-refractivity contribution in [2.45, 2.75) is 186 Å². The molecule has 12 aromatic rings. The van der Waals surface area contributed by atoms with E-state index in [-0.39, 0.29) is 73.3 Å². The number of aliphatic hydroxyl groups is 2. The normalized spacial score (nSPS) is 36.7. The maximum absolute atomic E-state index is 16.2. The highest BCUT2D eigenvalue weighted by Crippen LogP contribution is 2.60. The molecule has 9 aliphatic heterocycles. The molecule has 21 rings (SSSR count). The smallest absolute Gasteiger partial charge is 0.264 e. The molecule has 54 nitrogen and oxygen atoms in total. The summed E-state index contributed by atoms with van der Waals surface area (Å²) in [7, 11) is 4.93. The summed E-state index contributed by atoms with van der Waals surface area (Å²) in [6.45, 7) is 5.41.